The van der Waals surface area contributed by atoms with E-state index in [4.69, 9.17) is 4.74 Å². The lowest BCUT2D eigenvalue weighted by atomic mass is 10.00. The van der Waals surface area contributed by atoms with E-state index in [1.54, 1.807) is 0 Å². The van der Waals surface area contributed by atoms with Crippen LogP contribution >= 0.6 is 0 Å². The van der Waals surface area contributed by atoms with Crippen LogP contribution in [0.2, 0.25) is 0 Å². The maximum Gasteiger partial charge on any atom is 0.119 e. The third-order valence-electron chi connectivity index (χ3n) is 5.28. The highest BCUT2D eigenvalue weighted by Crippen LogP contribution is 2.16. The molecule has 1 fully saturated rings. The summed E-state index contributed by atoms with van der Waals surface area (Å²) in [6.45, 7) is 2.62. The Morgan fingerprint density at radius 1 is 0.607 bits per heavy atom. The van der Waals surface area contributed by atoms with Gasteiger partial charge in [-0.25, -0.2) is 0 Å². The first-order valence-corrected chi connectivity index (χ1v) is 10.1. The predicted octanol–water partition coefficient (Wildman–Crippen LogP) is 3.98. The van der Waals surface area contributed by atoms with Crippen molar-refractivity contribution in [1.82, 2.24) is 10.6 Å². The molecule has 3 heteroatoms. The summed E-state index contributed by atoms with van der Waals surface area (Å²) < 4.78 is 5.88. The van der Waals surface area contributed by atoms with Crippen molar-refractivity contribution in [3.05, 3.63) is 102 Å². The van der Waals surface area contributed by atoms with E-state index < -0.39 is 0 Å². The fourth-order valence-electron chi connectivity index (χ4n) is 3.70. The smallest absolute Gasteiger partial charge is 0.119 e. The van der Waals surface area contributed by atoms with Gasteiger partial charge in [0.2, 0.25) is 0 Å². The summed E-state index contributed by atoms with van der Waals surface area (Å²) in [7, 11) is 0. The quantitative estimate of drug-likeness (QED) is 0.658. The van der Waals surface area contributed by atoms with E-state index >= 15 is 0 Å². The molecule has 0 aromatic heterocycles. The summed E-state index contributed by atoms with van der Waals surface area (Å²) in [5.74, 6) is 0.922. The van der Waals surface area contributed by atoms with Crippen molar-refractivity contribution in [2.45, 2.75) is 31.5 Å². The Bertz CT molecular complexity index is 825. The van der Waals surface area contributed by atoms with Gasteiger partial charge in [0, 0.05) is 25.2 Å². The normalized spacial score (nSPS) is 19.3. The molecule has 1 saturated heterocycles. The lowest BCUT2D eigenvalue weighted by molar-refractivity contribution is 0.306. The van der Waals surface area contributed by atoms with Crippen LogP contribution in [0.25, 0.3) is 0 Å². The summed E-state index contributed by atoms with van der Waals surface area (Å²) >= 11 is 0. The molecule has 3 nitrogen and oxygen atoms in total. The molecule has 0 aliphatic carbocycles. The van der Waals surface area contributed by atoms with Gasteiger partial charge in [-0.2, -0.15) is 0 Å². The van der Waals surface area contributed by atoms with Gasteiger partial charge in [0.15, 0.2) is 0 Å². The van der Waals surface area contributed by atoms with Gasteiger partial charge in [-0.15, -0.1) is 0 Å². The standard InChI is InChI=1S/C25H28N2O/c1-3-7-20(8-4-1)15-23-17-27-24(18-26-23)16-21-11-13-25(14-12-21)28-19-22-9-5-2-6-10-22/h1-14,23-24,26-27H,15-19H2/t23-,24-/m0/s1. The zero-order valence-corrected chi connectivity index (χ0v) is 16.2. The first-order chi connectivity index (χ1) is 13.8. The molecule has 3 aromatic carbocycles. The molecule has 0 radical (unpaired) electrons. The summed E-state index contributed by atoms with van der Waals surface area (Å²) in [6, 6.07) is 30.5. The van der Waals surface area contributed by atoms with Gasteiger partial charge < -0.3 is 15.4 Å². The van der Waals surface area contributed by atoms with Gasteiger partial charge in [-0.3, -0.25) is 0 Å². The minimum Gasteiger partial charge on any atom is -0.489 e. The Balaban J connectivity index is 1.22. The SMILES string of the molecule is c1ccc(COc2ccc(C[C@H]3CN[C@@H](Cc4ccccc4)CN3)cc2)cc1. The van der Waals surface area contributed by atoms with Crippen molar-refractivity contribution >= 4 is 0 Å². The van der Waals surface area contributed by atoms with Crippen molar-refractivity contribution in [2.75, 3.05) is 13.1 Å². The highest BCUT2D eigenvalue weighted by atomic mass is 16.5. The number of rotatable bonds is 7. The molecule has 3 aromatic rings. The van der Waals surface area contributed by atoms with Gasteiger partial charge in [0.05, 0.1) is 0 Å². The molecule has 144 valence electrons. The Morgan fingerprint density at radius 2 is 1.11 bits per heavy atom. The maximum atomic E-state index is 5.88. The van der Waals surface area contributed by atoms with Gasteiger partial charge in [0.25, 0.3) is 0 Å². The van der Waals surface area contributed by atoms with Crippen molar-refractivity contribution in [3.63, 3.8) is 0 Å². The number of hydrogen-bond acceptors (Lipinski definition) is 3. The van der Waals surface area contributed by atoms with Crippen LogP contribution in [0.5, 0.6) is 5.75 Å². The van der Waals surface area contributed by atoms with E-state index in [9.17, 15) is 0 Å². The molecule has 2 N–H and O–H groups in total. The average molecular weight is 373 g/mol. The molecule has 28 heavy (non-hydrogen) atoms. The molecule has 4 rings (SSSR count). The van der Waals surface area contributed by atoms with E-state index in [-0.39, 0.29) is 0 Å². The zero-order valence-electron chi connectivity index (χ0n) is 16.2. The van der Waals surface area contributed by atoms with Crippen LogP contribution in [0.15, 0.2) is 84.9 Å². The lowest BCUT2D eigenvalue weighted by Crippen LogP contribution is -2.55. The van der Waals surface area contributed by atoms with E-state index in [1.165, 1.54) is 16.7 Å². The molecule has 1 aliphatic rings. The fraction of sp³-hybridized carbons (Fsp3) is 0.280. The number of benzene rings is 3. The van der Waals surface area contributed by atoms with Gasteiger partial charge >= 0.3 is 0 Å². The van der Waals surface area contributed by atoms with E-state index in [1.807, 2.05) is 18.2 Å². The Labute approximate surface area is 167 Å². The highest BCUT2D eigenvalue weighted by molar-refractivity contribution is 5.28. The topological polar surface area (TPSA) is 33.3 Å². The Kier molecular flexibility index (Phi) is 6.38. The second-order valence-corrected chi connectivity index (χ2v) is 7.52. The zero-order chi connectivity index (χ0) is 19.0. The molecule has 0 spiro atoms. The molecule has 1 aliphatic heterocycles. The number of ether oxygens (including phenoxy) is 1. The molecule has 0 saturated carbocycles. The second-order valence-electron chi connectivity index (χ2n) is 7.52. The largest absolute Gasteiger partial charge is 0.489 e. The first kappa shape index (κ1) is 18.7. The van der Waals surface area contributed by atoms with Gasteiger partial charge in [0.1, 0.15) is 12.4 Å². The highest BCUT2D eigenvalue weighted by Gasteiger charge is 2.20. The molecular formula is C25H28N2O. The molecule has 0 amide bonds. The molecule has 0 bridgehead atoms. The van der Waals surface area contributed by atoms with Crippen LogP contribution in [0.4, 0.5) is 0 Å². The van der Waals surface area contributed by atoms with Crippen LogP contribution < -0.4 is 15.4 Å². The molecular weight excluding hydrogens is 344 g/mol. The fourth-order valence-corrected chi connectivity index (χ4v) is 3.70. The molecule has 2 atom stereocenters. The van der Waals surface area contributed by atoms with Crippen molar-refractivity contribution in [3.8, 4) is 5.75 Å². The van der Waals surface area contributed by atoms with Crippen LogP contribution in [0.1, 0.15) is 16.7 Å². The number of piperazine rings is 1. The summed E-state index contributed by atoms with van der Waals surface area (Å²) in [6.07, 6.45) is 2.11. The average Bonchev–Trinajstić information content (AvgIpc) is 2.76. The number of hydrogen-bond donors (Lipinski definition) is 2. The second kappa shape index (κ2) is 9.54. The van der Waals surface area contributed by atoms with Crippen molar-refractivity contribution < 1.29 is 4.74 Å². The summed E-state index contributed by atoms with van der Waals surface area (Å²) in [4.78, 5) is 0. The van der Waals surface area contributed by atoms with Gasteiger partial charge in [-0.05, 0) is 41.7 Å². The minimum atomic E-state index is 0.475. The van der Waals surface area contributed by atoms with Crippen molar-refractivity contribution in [2.24, 2.45) is 0 Å². The maximum absolute atomic E-state index is 5.88. The third kappa shape index (κ3) is 5.44. The Hall–Kier alpha value is -2.62. The monoisotopic (exact) mass is 372 g/mol. The van der Waals surface area contributed by atoms with E-state index in [0.29, 0.717) is 18.7 Å². The lowest BCUT2D eigenvalue weighted by Gasteiger charge is -2.31. The van der Waals surface area contributed by atoms with Crippen LogP contribution in [0, 0.1) is 0 Å². The first-order valence-electron chi connectivity index (χ1n) is 10.1. The van der Waals surface area contributed by atoms with Crippen LogP contribution in [0.3, 0.4) is 0 Å². The van der Waals surface area contributed by atoms with Crippen LogP contribution in [-0.2, 0) is 19.4 Å². The molecule has 0 unspecified atom stereocenters. The minimum absolute atomic E-state index is 0.475. The van der Waals surface area contributed by atoms with E-state index in [2.05, 4.69) is 77.4 Å². The third-order valence-corrected chi connectivity index (χ3v) is 5.28. The van der Waals surface area contributed by atoms with Gasteiger partial charge in [-0.1, -0.05) is 72.8 Å². The van der Waals surface area contributed by atoms with E-state index in [0.717, 1.165) is 31.7 Å². The van der Waals surface area contributed by atoms with Crippen LogP contribution in [-0.4, -0.2) is 25.2 Å². The van der Waals surface area contributed by atoms with Crippen molar-refractivity contribution in [1.29, 1.82) is 0 Å². The Morgan fingerprint density at radius 3 is 1.64 bits per heavy atom. The molecule has 1 heterocycles. The predicted molar refractivity (Wildman–Crippen MR) is 115 cm³/mol. The summed E-state index contributed by atoms with van der Waals surface area (Å²) in [5.41, 5.74) is 3.92. The number of nitrogens with one attached hydrogen (secondary N) is 2. The summed E-state index contributed by atoms with van der Waals surface area (Å²) in [5, 5.41) is 7.41.